The molecular weight excluding hydrogens is 334 g/mol. The largest absolute Gasteiger partial charge is 0.462 e. The molecule has 3 nitrogen and oxygen atoms in total. The normalized spacial score (nSPS) is 45.2. The molecule has 4 aliphatic carbocycles. The first kappa shape index (κ1) is 17.7. The van der Waals surface area contributed by atoms with Crippen LogP contribution in [0.2, 0.25) is 0 Å². The van der Waals surface area contributed by atoms with Crippen molar-refractivity contribution in [3.8, 4) is 0 Å². The summed E-state index contributed by atoms with van der Waals surface area (Å²) in [5, 5.41) is 0. The van der Waals surface area contributed by atoms with Crippen molar-refractivity contribution in [3.63, 3.8) is 0 Å². The Balaban J connectivity index is 1.44. The highest BCUT2D eigenvalue weighted by atomic mass is 16.5. The highest BCUT2D eigenvalue weighted by Gasteiger charge is 2.60. The Labute approximate surface area is 163 Å². The number of nitrogens with zero attached hydrogens (tertiary/aromatic N) is 1. The van der Waals surface area contributed by atoms with Gasteiger partial charge in [0.2, 0.25) is 0 Å². The van der Waals surface area contributed by atoms with E-state index in [1.165, 1.54) is 56.2 Å². The summed E-state index contributed by atoms with van der Waals surface area (Å²) in [6.45, 7) is 6.58. The number of ether oxygens (including phenoxy) is 1. The monoisotopic (exact) mass is 367 g/mol. The number of aromatic nitrogens is 1. The van der Waals surface area contributed by atoms with Crippen LogP contribution in [0.25, 0.3) is 0 Å². The van der Waals surface area contributed by atoms with Crippen LogP contribution in [0.3, 0.4) is 0 Å². The van der Waals surface area contributed by atoms with Gasteiger partial charge in [-0.1, -0.05) is 19.9 Å². The van der Waals surface area contributed by atoms with Gasteiger partial charge in [-0.2, -0.15) is 0 Å². The van der Waals surface area contributed by atoms with Crippen molar-refractivity contribution in [2.45, 2.75) is 78.2 Å². The fourth-order valence-electron chi connectivity index (χ4n) is 7.95. The number of fused-ring (bicyclic) bond motifs is 6. The third-order valence-corrected chi connectivity index (χ3v) is 9.28. The molecule has 0 bridgehead atoms. The SMILES string of the molecule is CC(=O)O[C@H]1CCC2C3CC[C@H]4Cc5ncccc5C[C@]4(C)C3CC[C@@]21C. The summed E-state index contributed by atoms with van der Waals surface area (Å²) in [6, 6.07) is 4.42. The van der Waals surface area contributed by atoms with Crippen molar-refractivity contribution in [3.05, 3.63) is 29.6 Å². The van der Waals surface area contributed by atoms with Crippen molar-refractivity contribution in [2.75, 3.05) is 0 Å². The minimum absolute atomic E-state index is 0.101. The zero-order chi connectivity index (χ0) is 18.8. The predicted molar refractivity (Wildman–Crippen MR) is 105 cm³/mol. The molecule has 1 heterocycles. The molecule has 3 unspecified atom stereocenters. The van der Waals surface area contributed by atoms with Gasteiger partial charge in [-0.25, -0.2) is 0 Å². The molecule has 146 valence electrons. The number of rotatable bonds is 1. The van der Waals surface area contributed by atoms with E-state index in [1.807, 2.05) is 6.20 Å². The molecule has 3 heteroatoms. The fourth-order valence-corrected chi connectivity index (χ4v) is 7.95. The Morgan fingerprint density at radius 2 is 1.93 bits per heavy atom. The molecule has 1 aromatic rings. The van der Waals surface area contributed by atoms with Gasteiger partial charge in [-0.05, 0) is 92.1 Å². The molecule has 1 aromatic heterocycles. The summed E-state index contributed by atoms with van der Waals surface area (Å²) in [4.78, 5) is 16.3. The lowest BCUT2D eigenvalue weighted by Crippen LogP contribution is -2.55. The third-order valence-electron chi connectivity index (χ3n) is 9.28. The van der Waals surface area contributed by atoms with E-state index in [0.717, 1.165) is 30.1 Å². The second-order valence-corrected chi connectivity index (χ2v) is 10.4. The number of hydrogen-bond donors (Lipinski definition) is 0. The second-order valence-electron chi connectivity index (χ2n) is 10.4. The Hall–Kier alpha value is -1.38. The van der Waals surface area contributed by atoms with Crippen molar-refractivity contribution in [1.29, 1.82) is 0 Å². The summed E-state index contributed by atoms with van der Waals surface area (Å²) in [6.07, 6.45) is 12.0. The molecule has 3 fully saturated rings. The number of carbonyl (C=O) groups excluding carboxylic acids is 1. The first-order valence-electron chi connectivity index (χ1n) is 11.0. The van der Waals surface area contributed by atoms with Gasteiger partial charge in [0.05, 0.1) is 0 Å². The lowest BCUT2D eigenvalue weighted by atomic mass is 9.45. The zero-order valence-electron chi connectivity index (χ0n) is 17.0. The van der Waals surface area contributed by atoms with E-state index in [2.05, 4.69) is 26.0 Å². The van der Waals surface area contributed by atoms with E-state index in [1.54, 1.807) is 6.92 Å². The van der Waals surface area contributed by atoms with E-state index in [4.69, 9.17) is 9.72 Å². The molecular formula is C24H33NO2. The second kappa shape index (κ2) is 6.06. The molecule has 0 radical (unpaired) electrons. The highest BCUT2D eigenvalue weighted by molar-refractivity contribution is 5.66. The molecule has 3 saturated carbocycles. The average molecular weight is 368 g/mol. The maximum absolute atomic E-state index is 11.6. The van der Waals surface area contributed by atoms with Crippen LogP contribution in [0, 0.1) is 34.5 Å². The fraction of sp³-hybridized carbons (Fsp3) is 0.750. The molecule has 4 aliphatic rings. The zero-order valence-corrected chi connectivity index (χ0v) is 17.0. The standard InChI is InChI=1S/C24H33NO2/c1-15(26)27-22-9-8-19-18-7-6-17-13-21-16(5-4-12-25-21)14-24(17,3)20(18)10-11-23(19,22)2/h4-5,12,17-20,22H,6-11,13-14H2,1-3H3/t17-,18?,19?,20?,22-,23-,24-/m0/s1. The van der Waals surface area contributed by atoms with Crippen LogP contribution in [0.5, 0.6) is 0 Å². The molecule has 7 atom stereocenters. The van der Waals surface area contributed by atoms with E-state index in [9.17, 15) is 4.79 Å². The van der Waals surface area contributed by atoms with Crippen LogP contribution >= 0.6 is 0 Å². The van der Waals surface area contributed by atoms with Gasteiger partial charge in [-0.15, -0.1) is 0 Å². The molecule has 0 N–H and O–H groups in total. The van der Waals surface area contributed by atoms with Crippen LogP contribution in [0.4, 0.5) is 0 Å². The quantitative estimate of drug-likeness (QED) is 0.658. The number of hydrogen-bond acceptors (Lipinski definition) is 3. The van der Waals surface area contributed by atoms with Crippen LogP contribution < -0.4 is 0 Å². The number of esters is 1. The Bertz CT molecular complexity index is 761. The van der Waals surface area contributed by atoms with Gasteiger partial charge >= 0.3 is 5.97 Å². The minimum Gasteiger partial charge on any atom is -0.462 e. The Morgan fingerprint density at radius 1 is 1.11 bits per heavy atom. The Kier molecular flexibility index (Phi) is 3.97. The Morgan fingerprint density at radius 3 is 2.74 bits per heavy atom. The van der Waals surface area contributed by atoms with Crippen molar-refractivity contribution in [2.24, 2.45) is 34.5 Å². The third kappa shape index (κ3) is 2.53. The molecule has 0 amide bonds. The highest BCUT2D eigenvalue weighted by Crippen LogP contribution is 2.65. The summed E-state index contributed by atoms with van der Waals surface area (Å²) in [5.74, 6) is 3.04. The van der Waals surface area contributed by atoms with Crippen LogP contribution in [0.15, 0.2) is 18.3 Å². The van der Waals surface area contributed by atoms with Crippen LogP contribution in [-0.4, -0.2) is 17.1 Å². The minimum atomic E-state index is -0.101. The first-order chi connectivity index (χ1) is 12.9. The maximum Gasteiger partial charge on any atom is 0.302 e. The van der Waals surface area contributed by atoms with Gasteiger partial charge in [0.25, 0.3) is 0 Å². The summed E-state index contributed by atoms with van der Waals surface area (Å²) in [7, 11) is 0. The van der Waals surface area contributed by atoms with Crippen LogP contribution in [0.1, 0.15) is 70.6 Å². The lowest BCUT2D eigenvalue weighted by Gasteiger charge is -2.60. The lowest BCUT2D eigenvalue weighted by molar-refractivity contribution is -0.160. The maximum atomic E-state index is 11.6. The molecule has 0 aliphatic heterocycles. The van der Waals surface area contributed by atoms with Crippen molar-refractivity contribution >= 4 is 5.97 Å². The molecule has 0 spiro atoms. The van der Waals surface area contributed by atoms with E-state index in [-0.39, 0.29) is 17.5 Å². The molecule has 0 aromatic carbocycles. The van der Waals surface area contributed by atoms with Gasteiger partial charge in [0, 0.05) is 24.2 Å². The summed E-state index contributed by atoms with van der Waals surface area (Å²) in [5.41, 5.74) is 3.47. The van der Waals surface area contributed by atoms with Gasteiger partial charge in [0.15, 0.2) is 0 Å². The first-order valence-corrected chi connectivity index (χ1v) is 11.0. The molecule has 27 heavy (non-hydrogen) atoms. The number of pyridine rings is 1. The molecule has 5 rings (SSSR count). The van der Waals surface area contributed by atoms with E-state index >= 15 is 0 Å². The molecule has 0 saturated heterocycles. The van der Waals surface area contributed by atoms with E-state index < -0.39 is 0 Å². The van der Waals surface area contributed by atoms with Crippen LogP contribution in [-0.2, 0) is 22.4 Å². The van der Waals surface area contributed by atoms with Gasteiger partial charge in [0.1, 0.15) is 6.10 Å². The van der Waals surface area contributed by atoms with E-state index in [0.29, 0.717) is 5.41 Å². The average Bonchev–Trinajstić information content (AvgIpc) is 2.95. The van der Waals surface area contributed by atoms with Gasteiger partial charge < -0.3 is 4.74 Å². The topological polar surface area (TPSA) is 39.2 Å². The smallest absolute Gasteiger partial charge is 0.302 e. The predicted octanol–water partition coefficient (Wildman–Crippen LogP) is 4.97. The summed E-state index contributed by atoms with van der Waals surface area (Å²) >= 11 is 0. The van der Waals surface area contributed by atoms with Crippen molar-refractivity contribution in [1.82, 2.24) is 4.98 Å². The number of carbonyl (C=O) groups is 1. The van der Waals surface area contributed by atoms with Gasteiger partial charge in [-0.3, -0.25) is 9.78 Å². The van der Waals surface area contributed by atoms with Crippen molar-refractivity contribution < 1.29 is 9.53 Å². The summed E-state index contributed by atoms with van der Waals surface area (Å²) < 4.78 is 5.79.